The van der Waals surface area contributed by atoms with Gasteiger partial charge in [0.1, 0.15) is 5.82 Å². The highest BCUT2D eigenvalue weighted by molar-refractivity contribution is 7.13. The van der Waals surface area contributed by atoms with E-state index < -0.39 is 0 Å². The molecule has 2 aromatic heterocycles. The summed E-state index contributed by atoms with van der Waals surface area (Å²) >= 11 is 1.71. The van der Waals surface area contributed by atoms with E-state index >= 15 is 0 Å². The van der Waals surface area contributed by atoms with Crippen LogP contribution in [0.25, 0.3) is 0 Å². The molecule has 0 radical (unpaired) electrons. The molecule has 0 saturated carbocycles. The van der Waals surface area contributed by atoms with Crippen LogP contribution < -0.4 is 15.1 Å². The maximum Gasteiger partial charge on any atom is 0.227 e. The van der Waals surface area contributed by atoms with E-state index in [1.165, 1.54) is 0 Å². The van der Waals surface area contributed by atoms with Gasteiger partial charge in [0, 0.05) is 50.0 Å². The Labute approximate surface area is 145 Å². The molecule has 24 heavy (non-hydrogen) atoms. The molecule has 2 aliphatic rings. The fourth-order valence-electron chi connectivity index (χ4n) is 3.14. The summed E-state index contributed by atoms with van der Waals surface area (Å²) in [6, 6.07) is 2.41. The molecule has 2 aromatic rings. The minimum atomic E-state index is 0.452. The van der Waals surface area contributed by atoms with Gasteiger partial charge in [-0.2, -0.15) is 4.98 Å². The zero-order chi connectivity index (χ0) is 16.2. The Kier molecular flexibility index (Phi) is 4.75. The predicted octanol–water partition coefficient (Wildman–Crippen LogP) is 1.85. The summed E-state index contributed by atoms with van der Waals surface area (Å²) in [7, 11) is 0. The van der Waals surface area contributed by atoms with Crippen molar-refractivity contribution < 1.29 is 4.74 Å². The van der Waals surface area contributed by atoms with Crippen LogP contribution in [0.5, 0.6) is 0 Å². The van der Waals surface area contributed by atoms with Gasteiger partial charge in [-0.25, -0.2) is 9.97 Å². The Morgan fingerprint density at radius 1 is 1.04 bits per heavy atom. The van der Waals surface area contributed by atoms with Crippen molar-refractivity contribution in [3.8, 4) is 0 Å². The molecule has 4 rings (SSSR count). The maximum atomic E-state index is 5.39. The number of nitrogens with one attached hydrogen (secondary N) is 1. The molecular formula is C16H22N6OS. The average Bonchev–Trinajstić information content (AvgIpc) is 3.18. The number of aromatic nitrogens is 3. The second-order valence-electron chi connectivity index (χ2n) is 6.06. The van der Waals surface area contributed by atoms with Crippen LogP contribution in [0.2, 0.25) is 0 Å². The number of morpholine rings is 1. The smallest absolute Gasteiger partial charge is 0.227 e. The number of ether oxygens (including phenoxy) is 1. The molecule has 8 heteroatoms. The van der Waals surface area contributed by atoms with E-state index in [2.05, 4.69) is 30.1 Å². The first-order chi connectivity index (χ1) is 11.9. The van der Waals surface area contributed by atoms with Crippen molar-refractivity contribution in [1.82, 2.24) is 15.0 Å². The van der Waals surface area contributed by atoms with Gasteiger partial charge in [-0.1, -0.05) is 0 Å². The fraction of sp³-hybridized carbons (Fsp3) is 0.562. The Bertz CT molecular complexity index is 638. The van der Waals surface area contributed by atoms with Crippen LogP contribution in [0.3, 0.4) is 0 Å². The lowest BCUT2D eigenvalue weighted by Crippen LogP contribution is -2.39. The number of thiazole rings is 1. The molecule has 0 aliphatic carbocycles. The van der Waals surface area contributed by atoms with E-state index in [1.54, 1.807) is 11.3 Å². The highest BCUT2D eigenvalue weighted by atomic mass is 32.1. The van der Waals surface area contributed by atoms with Crippen molar-refractivity contribution >= 4 is 28.2 Å². The lowest BCUT2D eigenvalue weighted by atomic mass is 10.1. The number of rotatable bonds is 4. The third-order valence-corrected chi connectivity index (χ3v) is 5.31. The number of hydrogen-bond acceptors (Lipinski definition) is 8. The van der Waals surface area contributed by atoms with Gasteiger partial charge in [0.05, 0.1) is 13.2 Å². The largest absolute Gasteiger partial charge is 0.378 e. The van der Waals surface area contributed by atoms with E-state index in [4.69, 9.17) is 4.74 Å². The van der Waals surface area contributed by atoms with Crippen LogP contribution in [0, 0.1) is 0 Å². The highest BCUT2D eigenvalue weighted by Crippen LogP contribution is 2.23. The molecule has 2 fully saturated rings. The van der Waals surface area contributed by atoms with Gasteiger partial charge in [-0.3, -0.25) is 0 Å². The second-order valence-corrected chi connectivity index (χ2v) is 6.93. The van der Waals surface area contributed by atoms with Crippen molar-refractivity contribution in [1.29, 1.82) is 0 Å². The molecule has 4 heterocycles. The number of nitrogens with zero attached hydrogens (tertiary/aromatic N) is 5. The molecule has 128 valence electrons. The van der Waals surface area contributed by atoms with Crippen molar-refractivity contribution in [2.45, 2.75) is 18.9 Å². The molecule has 2 saturated heterocycles. The first-order valence-electron chi connectivity index (χ1n) is 8.45. The van der Waals surface area contributed by atoms with Crippen LogP contribution in [0.1, 0.15) is 12.8 Å². The first kappa shape index (κ1) is 15.6. The van der Waals surface area contributed by atoms with Gasteiger partial charge in [0.15, 0.2) is 5.13 Å². The Morgan fingerprint density at radius 2 is 1.88 bits per heavy atom. The SMILES string of the molecule is c1cc(NC2CCN(c3nccs3)CC2)nc(N2CCOCC2)n1. The lowest BCUT2D eigenvalue weighted by Gasteiger charge is -2.32. The second kappa shape index (κ2) is 7.31. The van der Waals surface area contributed by atoms with Gasteiger partial charge < -0.3 is 19.9 Å². The molecule has 0 bridgehead atoms. The third kappa shape index (κ3) is 3.59. The summed E-state index contributed by atoms with van der Waals surface area (Å²) in [6.45, 7) is 5.27. The van der Waals surface area contributed by atoms with E-state index in [-0.39, 0.29) is 0 Å². The van der Waals surface area contributed by atoms with Crippen LogP contribution >= 0.6 is 11.3 Å². The molecular weight excluding hydrogens is 324 g/mol. The fourth-order valence-corrected chi connectivity index (χ4v) is 3.84. The normalized spacial score (nSPS) is 19.5. The van der Waals surface area contributed by atoms with Gasteiger partial charge in [-0.15, -0.1) is 11.3 Å². The molecule has 0 atom stereocenters. The molecule has 7 nitrogen and oxygen atoms in total. The van der Waals surface area contributed by atoms with E-state index in [0.717, 1.165) is 69.1 Å². The standard InChI is InChI=1S/C16H22N6OS/c1-4-17-15(21-8-10-23-11-9-21)20-14(1)19-13-2-6-22(7-3-13)16-18-5-12-24-16/h1,4-5,12-13H,2-3,6-11H2,(H,17,19,20). The lowest BCUT2D eigenvalue weighted by molar-refractivity contribution is 0.122. The summed E-state index contributed by atoms with van der Waals surface area (Å²) in [5.74, 6) is 1.71. The molecule has 0 unspecified atom stereocenters. The summed E-state index contributed by atoms with van der Waals surface area (Å²) < 4.78 is 5.39. The Hall–Kier alpha value is -1.93. The number of anilines is 3. The summed E-state index contributed by atoms with van der Waals surface area (Å²) in [6.07, 6.45) is 5.90. The Balaban J connectivity index is 1.34. The van der Waals surface area contributed by atoms with Gasteiger partial charge >= 0.3 is 0 Å². The third-order valence-electron chi connectivity index (χ3n) is 4.47. The number of hydrogen-bond donors (Lipinski definition) is 1. The zero-order valence-electron chi connectivity index (χ0n) is 13.6. The van der Waals surface area contributed by atoms with Crippen LogP contribution in [0.15, 0.2) is 23.8 Å². The van der Waals surface area contributed by atoms with Crippen molar-refractivity contribution in [3.63, 3.8) is 0 Å². The average molecular weight is 346 g/mol. The molecule has 0 amide bonds. The minimum absolute atomic E-state index is 0.452. The highest BCUT2D eigenvalue weighted by Gasteiger charge is 2.21. The van der Waals surface area contributed by atoms with Gasteiger partial charge in [-0.05, 0) is 18.9 Å². The summed E-state index contributed by atoms with van der Waals surface area (Å²) in [5.41, 5.74) is 0. The summed E-state index contributed by atoms with van der Waals surface area (Å²) in [5, 5.41) is 6.74. The quantitative estimate of drug-likeness (QED) is 0.906. The van der Waals surface area contributed by atoms with Crippen LogP contribution in [-0.4, -0.2) is 60.4 Å². The monoisotopic (exact) mass is 346 g/mol. The van der Waals surface area contributed by atoms with Crippen LogP contribution in [-0.2, 0) is 4.74 Å². The first-order valence-corrected chi connectivity index (χ1v) is 9.33. The van der Waals surface area contributed by atoms with E-state index in [0.29, 0.717) is 6.04 Å². The van der Waals surface area contributed by atoms with Crippen LogP contribution in [0.4, 0.5) is 16.9 Å². The molecule has 1 N–H and O–H groups in total. The van der Waals surface area contributed by atoms with E-state index in [9.17, 15) is 0 Å². The molecule has 0 spiro atoms. The minimum Gasteiger partial charge on any atom is -0.378 e. The molecule has 2 aliphatic heterocycles. The van der Waals surface area contributed by atoms with Gasteiger partial charge in [0.2, 0.25) is 5.95 Å². The van der Waals surface area contributed by atoms with E-state index in [1.807, 2.05) is 23.8 Å². The summed E-state index contributed by atoms with van der Waals surface area (Å²) in [4.78, 5) is 18.0. The van der Waals surface area contributed by atoms with Crippen molar-refractivity contribution in [2.75, 3.05) is 54.5 Å². The maximum absolute atomic E-state index is 5.39. The predicted molar refractivity (Wildman–Crippen MR) is 96.0 cm³/mol. The topological polar surface area (TPSA) is 66.4 Å². The van der Waals surface area contributed by atoms with Crippen molar-refractivity contribution in [3.05, 3.63) is 23.8 Å². The number of piperidine rings is 1. The molecule has 0 aromatic carbocycles. The van der Waals surface area contributed by atoms with Gasteiger partial charge in [0.25, 0.3) is 0 Å². The van der Waals surface area contributed by atoms with Crippen molar-refractivity contribution in [2.24, 2.45) is 0 Å². The Morgan fingerprint density at radius 3 is 2.62 bits per heavy atom. The zero-order valence-corrected chi connectivity index (χ0v) is 14.4.